The van der Waals surface area contributed by atoms with Gasteiger partial charge in [-0.2, -0.15) is 0 Å². The molecule has 0 aromatic rings. The summed E-state index contributed by atoms with van der Waals surface area (Å²) in [4.78, 5) is 0. The molecule has 1 aliphatic carbocycles. The smallest absolute Gasteiger partial charge is 0.0515 e. The van der Waals surface area contributed by atoms with Crippen molar-refractivity contribution in [3.05, 3.63) is 0 Å². The predicted molar refractivity (Wildman–Crippen MR) is 51.9 cm³/mol. The highest BCUT2D eigenvalue weighted by Gasteiger charge is 2.35. The Hall–Kier alpha value is -0.0400. The Labute approximate surface area is 76.2 Å². The second-order valence-electron chi connectivity index (χ2n) is 4.80. The van der Waals surface area contributed by atoms with E-state index in [0.29, 0.717) is 0 Å². The molecule has 1 aliphatic rings. The third-order valence-electron chi connectivity index (χ3n) is 3.66. The van der Waals surface area contributed by atoms with Gasteiger partial charge in [0.15, 0.2) is 0 Å². The molecule has 0 aliphatic heterocycles. The number of hydrogen-bond acceptors (Lipinski definition) is 1. The lowest BCUT2D eigenvalue weighted by atomic mass is 9.85. The van der Waals surface area contributed by atoms with Gasteiger partial charge in [-0.1, -0.05) is 20.8 Å². The van der Waals surface area contributed by atoms with Gasteiger partial charge in [0.25, 0.3) is 0 Å². The quantitative estimate of drug-likeness (QED) is 0.675. The number of aliphatic hydroxyl groups excluding tert-OH is 1. The van der Waals surface area contributed by atoms with E-state index >= 15 is 0 Å². The molecule has 5 atom stereocenters. The summed E-state index contributed by atoms with van der Waals surface area (Å²) in [6.45, 7) is 8.90. The van der Waals surface area contributed by atoms with Crippen LogP contribution in [-0.4, -0.2) is 11.2 Å². The zero-order valence-electron chi connectivity index (χ0n) is 8.75. The third kappa shape index (κ3) is 2.01. The van der Waals surface area contributed by atoms with Gasteiger partial charge in [0.2, 0.25) is 0 Å². The monoisotopic (exact) mass is 170 g/mol. The second kappa shape index (κ2) is 3.78. The summed E-state index contributed by atoms with van der Waals surface area (Å²) in [5, 5.41) is 9.33. The lowest BCUT2D eigenvalue weighted by Gasteiger charge is -2.22. The topological polar surface area (TPSA) is 20.2 Å². The van der Waals surface area contributed by atoms with Crippen molar-refractivity contribution < 1.29 is 5.11 Å². The van der Waals surface area contributed by atoms with Crippen LogP contribution < -0.4 is 0 Å². The van der Waals surface area contributed by atoms with E-state index in [9.17, 15) is 5.11 Å². The first kappa shape index (κ1) is 10.0. The normalized spacial score (nSPS) is 44.8. The number of aliphatic hydroxyl groups is 1. The van der Waals surface area contributed by atoms with Gasteiger partial charge in [-0.3, -0.25) is 0 Å². The van der Waals surface area contributed by atoms with Crippen LogP contribution in [0.4, 0.5) is 0 Å². The standard InChI is InChI=1S/C11H22O/c1-7-5-8(2)11(10(7)4)6-9(3)12/h7-12H,5-6H2,1-4H3. The molecule has 0 aromatic carbocycles. The molecule has 0 aromatic heterocycles. The third-order valence-corrected chi connectivity index (χ3v) is 3.66. The lowest BCUT2D eigenvalue weighted by molar-refractivity contribution is 0.134. The number of rotatable bonds is 2. The van der Waals surface area contributed by atoms with Gasteiger partial charge in [-0.05, 0) is 43.4 Å². The molecule has 0 saturated heterocycles. The van der Waals surface area contributed by atoms with E-state index in [1.807, 2.05) is 6.92 Å². The summed E-state index contributed by atoms with van der Waals surface area (Å²) in [7, 11) is 0. The molecule has 1 fully saturated rings. The summed E-state index contributed by atoms with van der Waals surface area (Å²) < 4.78 is 0. The molecule has 5 unspecified atom stereocenters. The minimum absolute atomic E-state index is 0.120. The van der Waals surface area contributed by atoms with Crippen molar-refractivity contribution in [3.63, 3.8) is 0 Å². The van der Waals surface area contributed by atoms with Crippen molar-refractivity contribution >= 4 is 0 Å². The van der Waals surface area contributed by atoms with E-state index in [1.165, 1.54) is 6.42 Å². The van der Waals surface area contributed by atoms with Crippen molar-refractivity contribution in [2.75, 3.05) is 0 Å². The summed E-state index contributed by atoms with van der Waals surface area (Å²) in [5.74, 6) is 3.21. The summed E-state index contributed by atoms with van der Waals surface area (Å²) >= 11 is 0. The van der Waals surface area contributed by atoms with Crippen LogP contribution in [0.5, 0.6) is 0 Å². The molecular weight excluding hydrogens is 148 g/mol. The summed E-state index contributed by atoms with van der Waals surface area (Å²) in [5.41, 5.74) is 0. The van der Waals surface area contributed by atoms with Gasteiger partial charge in [-0.15, -0.1) is 0 Å². The van der Waals surface area contributed by atoms with Crippen molar-refractivity contribution in [1.82, 2.24) is 0 Å². The summed E-state index contributed by atoms with van der Waals surface area (Å²) in [6, 6.07) is 0. The Kier molecular flexibility index (Phi) is 3.16. The maximum absolute atomic E-state index is 9.33. The van der Waals surface area contributed by atoms with E-state index in [0.717, 1.165) is 30.1 Å². The molecule has 0 spiro atoms. The molecule has 1 nitrogen and oxygen atoms in total. The van der Waals surface area contributed by atoms with Gasteiger partial charge in [0, 0.05) is 0 Å². The van der Waals surface area contributed by atoms with Crippen LogP contribution in [-0.2, 0) is 0 Å². The molecule has 1 heteroatoms. The average Bonchev–Trinajstić information content (AvgIpc) is 2.16. The van der Waals surface area contributed by atoms with Crippen molar-refractivity contribution in [1.29, 1.82) is 0 Å². The van der Waals surface area contributed by atoms with E-state index < -0.39 is 0 Å². The van der Waals surface area contributed by atoms with E-state index in [-0.39, 0.29) is 6.10 Å². The minimum atomic E-state index is -0.120. The Morgan fingerprint density at radius 1 is 1.25 bits per heavy atom. The molecule has 12 heavy (non-hydrogen) atoms. The maximum Gasteiger partial charge on any atom is 0.0515 e. The summed E-state index contributed by atoms with van der Waals surface area (Å²) in [6.07, 6.45) is 2.22. The molecule has 1 rings (SSSR count). The fraction of sp³-hybridized carbons (Fsp3) is 1.00. The van der Waals surface area contributed by atoms with Crippen LogP contribution in [0.2, 0.25) is 0 Å². The predicted octanol–water partition coefficient (Wildman–Crippen LogP) is 2.69. The Morgan fingerprint density at radius 2 is 1.83 bits per heavy atom. The van der Waals surface area contributed by atoms with Gasteiger partial charge >= 0.3 is 0 Å². The lowest BCUT2D eigenvalue weighted by Crippen LogP contribution is -2.18. The highest BCUT2D eigenvalue weighted by atomic mass is 16.3. The Morgan fingerprint density at radius 3 is 2.17 bits per heavy atom. The van der Waals surface area contributed by atoms with E-state index in [4.69, 9.17) is 0 Å². The van der Waals surface area contributed by atoms with E-state index in [1.54, 1.807) is 0 Å². The van der Waals surface area contributed by atoms with Crippen LogP contribution in [0.15, 0.2) is 0 Å². The van der Waals surface area contributed by atoms with Crippen molar-refractivity contribution in [3.8, 4) is 0 Å². The van der Waals surface area contributed by atoms with Crippen LogP contribution in [0.3, 0.4) is 0 Å². The molecule has 0 heterocycles. The van der Waals surface area contributed by atoms with Crippen LogP contribution in [0.25, 0.3) is 0 Å². The first-order chi connectivity index (χ1) is 5.52. The minimum Gasteiger partial charge on any atom is -0.393 e. The molecule has 0 amide bonds. The molecule has 72 valence electrons. The highest BCUT2D eigenvalue weighted by molar-refractivity contribution is 4.85. The number of hydrogen-bond donors (Lipinski definition) is 1. The first-order valence-electron chi connectivity index (χ1n) is 5.20. The second-order valence-corrected chi connectivity index (χ2v) is 4.80. The molecule has 1 saturated carbocycles. The molecule has 0 radical (unpaired) electrons. The maximum atomic E-state index is 9.33. The van der Waals surface area contributed by atoms with Gasteiger partial charge in [0.05, 0.1) is 6.10 Å². The first-order valence-corrected chi connectivity index (χ1v) is 5.20. The largest absolute Gasteiger partial charge is 0.393 e. The van der Waals surface area contributed by atoms with Gasteiger partial charge in [-0.25, -0.2) is 0 Å². The van der Waals surface area contributed by atoms with Crippen LogP contribution >= 0.6 is 0 Å². The molecular formula is C11H22O. The zero-order chi connectivity index (χ0) is 9.30. The van der Waals surface area contributed by atoms with Gasteiger partial charge < -0.3 is 5.11 Å². The van der Waals surface area contributed by atoms with Crippen molar-refractivity contribution in [2.45, 2.75) is 46.6 Å². The average molecular weight is 170 g/mol. The Balaban J connectivity index is 2.51. The van der Waals surface area contributed by atoms with E-state index in [2.05, 4.69) is 20.8 Å². The zero-order valence-corrected chi connectivity index (χ0v) is 8.75. The van der Waals surface area contributed by atoms with Crippen LogP contribution in [0.1, 0.15) is 40.5 Å². The highest BCUT2D eigenvalue weighted by Crippen LogP contribution is 2.43. The van der Waals surface area contributed by atoms with Crippen LogP contribution in [0, 0.1) is 23.7 Å². The molecule has 1 N–H and O–H groups in total. The SMILES string of the molecule is CC(O)CC1C(C)CC(C)C1C. The van der Waals surface area contributed by atoms with Crippen molar-refractivity contribution in [2.24, 2.45) is 23.7 Å². The fourth-order valence-corrected chi connectivity index (χ4v) is 2.76. The van der Waals surface area contributed by atoms with Gasteiger partial charge in [0.1, 0.15) is 0 Å². The molecule has 0 bridgehead atoms. The fourth-order valence-electron chi connectivity index (χ4n) is 2.76. The Bertz CT molecular complexity index is 142.